The fourth-order valence-electron chi connectivity index (χ4n) is 1.48. The Labute approximate surface area is 118 Å². The van der Waals surface area contributed by atoms with Crippen molar-refractivity contribution in [3.05, 3.63) is 28.8 Å². The average molecular weight is 286 g/mol. The number of aliphatic hydroxyl groups excluding tert-OH is 1. The molecule has 0 spiro atoms. The first-order valence-corrected chi connectivity index (χ1v) is 6.59. The van der Waals surface area contributed by atoms with Gasteiger partial charge in [0.05, 0.1) is 17.2 Å². The van der Waals surface area contributed by atoms with E-state index >= 15 is 0 Å². The topological polar surface area (TPSA) is 58.6 Å². The number of halogens is 1. The van der Waals surface area contributed by atoms with Crippen molar-refractivity contribution in [2.75, 3.05) is 13.2 Å². The maximum absolute atomic E-state index is 11.8. The predicted molar refractivity (Wildman–Crippen MR) is 75.6 cm³/mol. The van der Waals surface area contributed by atoms with E-state index in [0.717, 1.165) is 5.56 Å². The minimum Gasteiger partial charge on any atom is -0.482 e. The zero-order valence-corrected chi connectivity index (χ0v) is 12.3. The van der Waals surface area contributed by atoms with Gasteiger partial charge in [0.15, 0.2) is 6.61 Å². The van der Waals surface area contributed by atoms with E-state index in [1.54, 1.807) is 19.1 Å². The normalized spacial score (nSPS) is 13.7. The van der Waals surface area contributed by atoms with Crippen LogP contribution >= 0.6 is 11.6 Å². The van der Waals surface area contributed by atoms with Crippen LogP contribution < -0.4 is 10.1 Å². The highest BCUT2D eigenvalue weighted by atomic mass is 35.5. The van der Waals surface area contributed by atoms with Crippen LogP contribution in [0.4, 0.5) is 0 Å². The van der Waals surface area contributed by atoms with Gasteiger partial charge in [-0.2, -0.15) is 0 Å². The van der Waals surface area contributed by atoms with Gasteiger partial charge in [0.1, 0.15) is 5.75 Å². The molecule has 1 amide bonds. The summed E-state index contributed by atoms with van der Waals surface area (Å²) in [5, 5.41) is 12.4. The summed E-state index contributed by atoms with van der Waals surface area (Å²) in [6, 6.07) is 5.38. The number of rotatable bonds is 6. The largest absolute Gasteiger partial charge is 0.482 e. The molecule has 0 aliphatic heterocycles. The van der Waals surface area contributed by atoms with Crippen molar-refractivity contribution < 1.29 is 14.6 Å². The minimum atomic E-state index is -0.614. The summed E-state index contributed by atoms with van der Waals surface area (Å²) in [6.45, 7) is 5.36. The van der Waals surface area contributed by atoms with Crippen molar-refractivity contribution in [2.24, 2.45) is 0 Å². The van der Waals surface area contributed by atoms with Crippen LogP contribution in [0.3, 0.4) is 0 Å². The molecular weight excluding hydrogens is 266 g/mol. The lowest BCUT2D eigenvalue weighted by molar-refractivity contribution is -0.125. The van der Waals surface area contributed by atoms with Crippen molar-refractivity contribution >= 4 is 17.5 Å². The fourth-order valence-corrected chi connectivity index (χ4v) is 1.65. The van der Waals surface area contributed by atoms with Crippen LogP contribution in [-0.2, 0) is 4.79 Å². The number of amides is 1. The highest BCUT2D eigenvalue weighted by Gasteiger charge is 2.23. The van der Waals surface area contributed by atoms with Crippen LogP contribution in [0.5, 0.6) is 5.75 Å². The molecule has 0 bridgehead atoms. The molecule has 0 saturated heterocycles. The summed E-state index contributed by atoms with van der Waals surface area (Å²) in [4.78, 5) is 11.8. The molecule has 1 rings (SSSR count). The summed E-state index contributed by atoms with van der Waals surface area (Å²) in [6.07, 6.45) is 0.639. The van der Waals surface area contributed by atoms with Crippen molar-refractivity contribution in [3.63, 3.8) is 0 Å². The molecule has 0 radical (unpaired) electrons. The summed E-state index contributed by atoms with van der Waals surface area (Å²) in [5.41, 5.74) is 0.394. The van der Waals surface area contributed by atoms with Crippen LogP contribution in [-0.4, -0.2) is 29.8 Å². The molecule has 1 unspecified atom stereocenters. The van der Waals surface area contributed by atoms with Gasteiger partial charge in [0, 0.05) is 0 Å². The van der Waals surface area contributed by atoms with E-state index in [1.807, 2.05) is 19.9 Å². The highest BCUT2D eigenvalue weighted by molar-refractivity contribution is 6.32. The Hall–Kier alpha value is -1.26. The van der Waals surface area contributed by atoms with Gasteiger partial charge in [0.25, 0.3) is 5.91 Å². The Kier molecular flexibility index (Phi) is 5.63. The zero-order valence-electron chi connectivity index (χ0n) is 11.5. The summed E-state index contributed by atoms with van der Waals surface area (Å²) in [7, 11) is 0. The maximum atomic E-state index is 11.8. The molecule has 0 aromatic heterocycles. The van der Waals surface area contributed by atoms with Crippen LogP contribution in [0.2, 0.25) is 5.02 Å². The Morgan fingerprint density at radius 3 is 2.79 bits per heavy atom. The van der Waals surface area contributed by atoms with E-state index in [2.05, 4.69) is 5.32 Å². The smallest absolute Gasteiger partial charge is 0.258 e. The van der Waals surface area contributed by atoms with E-state index in [4.69, 9.17) is 16.3 Å². The van der Waals surface area contributed by atoms with Crippen molar-refractivity contribution in [2.45, 2.75) is 32.7 Å². The lowest BCUT2D eigenvalue weighted by atomic mass is 10.0. The van der Waals surface area contributed by atoms with Gasteiger partial charge >= 0.3 is 0 Å². The lowest BCUT2D eigenvalue weighted by Crippen LogP contribution is -2.49. The predicted octanol–water partition coefficient (Wildman–Crippen LogP) is 2.30. The first-order chi connectivity index (χ1) is 8.90. The summed E-state index contributed by atoms with van der Waals surface area (Å²) >= 11 is 5.97. The maximum Gasteiger partial charge on any atom is 0.258 e. The molecule has 1 aromatic carbocycles. The Morgan fingerprint density at radius 2 is 2.21 bits per heavy atom. The van der Waals surface area contributed by atoms with Crippen LogP contribution in [0.1, 0.15) is 25.8 Å². The van der Waals surface area contributed by atoms with Crippen molar-refractivity contribution in [3.8, 4) is 5.75 Å². The number of hydrogen-bond acceptors (Lipinski definition) is 3. The molecule has 19 heavy (non-hydrogen) atoms. The van der Waals surface area contributed by atoms with E-state index in [9.17, 15) is 9.90 Å². The molecule has 1 atom stereocenters. The summed E-state index contributed by atoms with van der Waals surface area (Å²) in [5.74, 6) is 0.204. The van der Waals surface area contributed by atoms with Gasteiger partial charge in [-0.05, 0) is 38.0 Å². The lowest BCUT2D eigenvalue weighted by Gasteiger charge is -2.27. The monoisotopic (exact) mass is 285 g/mol. The van der Waals surface area contributed by atoms with Gasteiger partial charge in [0.2, 0.25) is 0 Å². The van der Waals surface area contributed by atoms with Crippen LogP contribution in [0.25, 0.3) is 0 Å². The number of hydrogen-bond donors (Lipinski definition) is 2. The third-order valence-electron chi connectivity index (χ3n) is 3.02. The number of carbonyl (C=O) groups excluding carboxylic acids is 1. The molecule has 5 heteroatoms. The third kappa shape index (κ3) is 4.73. The molecule has 0 aliphatic carbocycles. The highest BCUT2D eigenvalue weighted by Crippen LogP contribution is 2.25. The number of benzene rings is 1. The molecule has 4 nitrogen and oxygen atoms in total. The minimum absolute atomic E-state index is 0.111. The number of aryl methyl sites for hydroxylation is 1. The fraction of sp³-hybridized carbons (Fsp3) is 0.500. The summed E-state index contributed by atoms with van der Waals surface area (Å²) < 4.78 is 5.39. The zero-order chi connectivity index (χ0) is 14.5. The van der Waals surface area contributed by atoms with Crippen LogP contribution in [0.15, 0.2) is 18.2 Å². The number of aliphatic hydroxyl groups is 1. The quantitative estimate of drug-likeness (QED) is 0.843. The van der Waals surface area contributed by atoms with Gasteiger partial charge in [-0.3, -0.25) is 4.79 Å². The number of carbonyl (C=O) groups is 1. The van der Waals surface area contributed by atoms with Gasteiger partial charge in [-0.1, -0.05) is 24.6 Å². The van der Waals surface area contributed by atoms with E-state index in [-0.39, 0.29) is 19.1 Å². The second-order valence-electron chi connectivity index (χ2n) is 4.84. The molecule has 0 saturated carbocycles. The van der Waals surface area contributed by atoms with Gasteiger partial charge in [-0.15, -0.1) is 0 Å². The second kappa shape index (κ2) is 6.78. The standard InChI is InChI=1S/C14H20ClNO3/c1-4-14(3,9-17)16-13(18)8-19-12-7-10(2)5-6-11(12)15/h5-7,17H,4,8-9H2,1-3H3,(H,16,18). The molecular formula is C14H20ClNO3. The SMILES string of the molecule is CCC(C)(CO)NC(=O)COc1cc(C)ccc1Cl. The van der Waals surface area contributed by atoms with Crippen molar-refractivity contribution in [1.29, 1.82) is 0 Å². The van der Waals surface area contributed by atoms with Gasteiger partial charge < -0.3 is 15.2 Å². The first-order valence-electron chi connectivity index (χ1n) is 6.21. The second-order valence-corrected chi connectivity index (χ2v) is 5.25. The van der Waals surface area contributed by atoms with E-state index < -0.39 is 5.54 Å². The molecule has 2 N–H and O–H groups in total. The number of nitrogens with one attached hydrogen (secondary N) is 1. The molecule has 1 aromatic rings. The third-order valence-corrected chi connectivity index (χ3v) is 3.33. The average Bonchev–Trinajstić information content (AvgIpc) is 2.39. The molecule has 0 heterocycles. The molecule has 0 aliphatic rings. The van der Waals surface area contributed by atoms with E-state index in [0.29, 0.717) is 17.2 Å². The van der Waals surface area contributed by atoms with Crippen molar-refractivity contribution in [1.82, 2.24) is 5.32 Å². The Bertz CT molecular complexity index is 444. The van der Waals surface area contributed by atoms with E-state index in [1.165, 1.54) is 0 Å². The molecule has 0 fully saturated rings. The number of ether oxygens (including phenoxy) is 1. The Morgan fingerprint density at radius 1 is 1.53 bits per heavy atom. The first kappa shape index (κ1) is 15.8. The van der Waals surface area contributed by atoms with Crippen LogP contribution in [0, 0.1) is 6.92 Å². The molecule has 106 valence electrons. The Balaban J connectivity index is 2.57. The van der Waals surface area contributed by atoms with Gasteiger partial charge in [-0.25, -0.2) is 0 Å².